The van der Waals surface area contributed by atoms with Gasteiger partial charge in [-0.25, -0.2) is 0 Å². The molecule has 1 aromatic rings. The molecule has 1 N–H and O–H groups in total. The third kappa shape index (κ3) is 6.60. The van der Waals surface area contributed by atoms with Crippen LogP contribution in [0.3, 0.4) is 0 Å². The largest absolute Gasteiger partial charge is 0.309 e. The molecule has 0 spiro atoms. The Morgan fingerprint density at radius 2 is 1.76 bits per heavy atom. The second-order valence-corrected chi connectivity index (χ2v) is 6.37. The molecule has 3 heteroatoms. The van der Waals surface area contributed by atoms with Gasteiger partial charge in [0.25, 0.3) is 0 Å². The van der Waals surface area contributed by atoms with E-state index in [1.54, 1.807) is 0 Å². The highest BCUT2D eigenvalue weighted by molar-refractivity contribution is 5.31. The summed E-state index contributed by atoms with van der Waals surface area (Å²) in [6.07, 6.45) is 1.22. The maximum Gasteiger partial charge on any atom is 0.0449 e. The van der Waals surface area contributed by atoms with Gasteiger partial charge in [-0.15, -0.1) is 0 Å². The molecule has 0 radical (unpaired) electrons. The van der Waals surface area contributed by atoms with Crippen LogP contribution in [0.1, 0.15) is 36.1 Å². The molecule has 21 heavy (non-hydrogen) atoms. The Kier molecular flexibility index (Phi) is 7.94. The SMILES string of the molecule is CCNC(CN(C)CCCN(C)C)c1ccc(C)c(C)c1. The molecule has 0 aliphatic heterocycles. The van der Waals surface area contributed by atoms with Crippen LogP contribution in [0, 0.1) is 13.8 Å². The van der Waals surface area contributed by atoms with E-state index in [0.29, 0.717) is 6.04 Å². The Morgan fingerprint density at radius 3 is 2.33 bits per heavy atom. The molecule has 0 amide bonds. The van der Waals surface area contributed by atoms with E-state index in [-0.39, 0.29) is 0 Å². The van der Waals surface area contributed by atoms with Crippen molar-refractivity contribution in [2.75, 3.05) is 47.3 Å². The summed E-state index contributed by atoms with van der Waals surface area (Å²) in [7, 11) is 6.49. The van der Waals surface area contributed by atoms with Crippen LogP contribution in [0.25, 0.3) is 0 Å². The van der Waals surface area contributed by atoms with Crippen molar-refractivity contribution in [3.63, 3.8) is 0 Å². The highest BCUT2D eigenvalue weighted by Gasteiger charge is 2.13. The summed E-state index contributed by atoms with van der Waals surface area (Å²) < 4.78 is 0. The third-order valence-corrected chi connectivity index (χ3v) is 4.02. The van der Waals surface area contributed by atoms with E-state index in [2.05, 4.69) is 75.2 Å². The van der Waals surface area contributed by atoms with Crippen LogP contribution in [0.2, 0.25) is 0 Å². The zero-order valence-electron chi connectivity index (χ0n) is 14.7. The van der Waals surface area contributed by atoms with Gasteiger partial charge in [0.05, 0.1) is 0 Å². The smallest absolute Gasteiger partial charge is 0.0449 e. The number of hydrogen-bond acceptors (Lipinski definition) is 3. The molecule has 0 fully saturated rings. The van der Waals surface area contributed by atoms with E-state index in [4.69, 9.17) is 0 Å². The van der Waals surface area contributed by atoms with Crippen molar-refractivity contribution in [3.8, 4) is 0 Å². The van der Waals surface area contributed by atoms with Gasteiger partial charge in [-0.3, -0.25) is 0 Å². The lowest BCUT2D eigenvalue weighted by Gasteiger charge is -2.26. The van der Waals surface area contributed by atoms with Crippen molar-refractivity contribution in [2.24, 2.45) is 0 Å². The van der Waals surface area contributed by atoms with Crippen molar-refractivity contribution >= 4 is 0 Å². The van der Waals surface area contributed by atoms with Gasteiger partial charge in [0.15, 0.2) is 0 Å². The third-order valence-electron chi connectivity index (χ3n) is 4.02. The van der Waals surface area contributed by atoms with E-state index in [9.17, 15) is 0 Å². The summed E-state index contributed by atoms with van der Waals surface area (Å²) in [4.78, 5) is 4.69. The molecule has 1 unspecified atom stereocenters. The van der Waals surface area contributed by atoms with E-state index in [0.717, 1.165) is 26.2 Å². The fourth-order valence-electron chi connectivity index (χ4n) is 2.58. The predicted molar refractivity (Wildman–Crippen MR) is 93.0 cm³/mol. The minimum atomic E-state index is 0.415. The minimum Gasteiger partial charge on any atom is -0.309 e. The second kappa shape index (κ2) is 9.19. The molecule has 0 aliphatic carbocycles. The molecule has 3 nitrogen and oxygen atoms in total. The first-order chi connectivity index (χ1) is 9.93. The molecule has 0 aliphatic rings. The van der Waals surface area contributed by atoms with E-state index >= 15 is 0 Å². The highest BCUT2D eigenvalue weighted by Crippen LogP contribution is 2.18. The monoisotopic (exact) mass is 291 g/mol. The van der Waals surface area contributed by atoms with E-state index in [1.807, 2.05) is 0 Å². The van der Waals surface area contributed by atoms with Crippen molar-refractivity contribution in [3.05, 3.63) is 34.9 Å². The Hall–Kier alpha value is -0.900. The van der Waals surface area contributed by atoms with Crippen LogP contribution in [0.4, 0.5) is 0 Å². The number of rotatable bonds is 9. The maximum atomic E-state index is 3.62. The predicted octanol–water partition coefficient (Wildman–Crippen LogP) is 2.84. The number of hydrogen-bond donors (Lipinski definition) is 1. The lowest BCUT2D eigenvalue weighted by atomic mass is 10.0. The van der Waals surface area contributed by atoms with Crippen molar-refractivity contribution in [1.29, 1.82) is 0 Å². The molecule has 0 heterocycles. The molecule has 120 valence electrons. The normalized spacial score (nSPS) is 13.1. The number of benzene rings is 1. The van der Waals surface area contributed by atoms with Gasteiger partial charge in [-0.05, 0) is 77.7 Å². The van der Waals surface area contributed by atoms with Gasteiger partial charge in [0, 0.05) is 12.6 Å². The molecule has 0 saturated carbocycles. The van der Waals surface area contributed by atoms with E-state index in [1.165, 1.54) is 23.1 Å². The average Bonchev–Trinajstić information content (AvgIpc) is 2.41. The van der Waals surface area contributed by atoms with Crippen LogP contribution in [0.5, 0.6) is 0 Å². The Balaban J connectivity index is 2.61. The first-order valence-corrected chi connectivity index (χ1v) is 8.07. The quantitative estimate of drug-likeness (QED) is 0.755. The highest BCUT2D eigenvalue weighted by atomic mass is 15.1. The van der Waals surface area contributed by atoms with Gasteiger partial charge >= 0.3 is 0 Å². The van der Waals surface area contributed by atoms with Crippen LogP contribution >= 0.6 is 0 Å². The first kappa shape index (κ1) is 18.1. The lowest BCUT2D eigenvalue weighted by Crippen LogP contribution is -2.34. The van der Waals surface area contributed by atoms with Gasteiger partial charge in [0.2, 0.25) is 0 Å². The topological polar surface area (TPSA) is 18.5 Å². The van der Waals surface area contributed by atoms with Gasteiger partial charge < -0.3 is 15.1 Å². The standard InChI is InChI=1S/C18H33N3/c1-7-19-18(14-21(6)12-8-11-20(4)5)17-10-9-15(2)16(3)13-17/h9-10,13,18-19H,7-8,11-12,14H2,1-6H3. The van der Waals surface area contributed by atoms with E-state index < -0.39 is 0 Å². The number of nitrogens with zero attached hydrogens (tertiary/aromatic N) is 2. The Bertz CT molecular complexity index is 415. The molecule has 0 bridgehead atoms. The summed E-state index contributed by atoms with van der Waals surface area (Å²) in [6, 6.07) is 7.25. The lowest BCUT2D eigenvalue weighted by molar-refractivity contribution is 0.272. The van der Waals surface area contributed by atoms with Crippen LogP contribution in [-0.2, 0) is 0 Å². The molecule has 1 aromatic carbocycles. The second-order valence-electron chi connectivity index (χ2n) is 6.37. The zero-order valence-corrected chi connectivity index (χ0v) is 14.7. The number of likely N-dealkylation sites (N-methyl/N-ethyl adjacent to an activating group) is 2. The molecule has 0 aromatic heterocycles. The van der Waals surface area contributed by atoms with Gasteiger partial charge in [-0.1, -0.05) is 25.1 Å². The van der Waals surface area contributed by atoms with Crippen molar-refractivity contribution in [1.82, 2.24) is 15.1 Å². The van der Waals surface area contributed by atoms with Crippen LogP contribution in [-0.4, -0.2) is 57.1 Å². The maximum absolute atomic E-state index is 3.62. The fourth-order valence-corrected chi connectivity index (χ4v) is 2.58. The summed E-state index contributed by atoms with van der Waals surface area (Å²) in [5, 5.41) is 3.62. The fraction of sp³-hybridized carbons (Fsp3) is 0.667. The van der Waals surface area contributed by atoms with Crippen molar-refractivity contribution in [2.45, 2.75) is 33.2 Å². The number of nitrogens with one attached hydrogen (secondary N) is 1. The summed E-state index contributed by atoms with van der Waals surface area (Å²) in [5.41, 5.74) is 4.15. The van der Waals surface area contributed by atoms with Crippen molar-refractivity contribution < 1.29 is 0 Å². The summed E-state index contributed by atoms with van der Waals surface area (Å²) in [5.74, 6) is 0. The molecular formula is C18H33N3. The minimum absolute atomic E-state index is 0.415. The number of aryl methyl sites for hydroxylation is 2. The first-order valence-electron chi connectivity index (χ1n) is 8.07. The van der Waals surface area contributed by atoms with Gasteiger partial charge in [0.1, 0.15) is 0 Å². The summed E-state index contributed by atoms with van der Waals surface area (Å²) >= 11 is 0. The van der Waals surface area contributed by atoms with Crippen LogP contribution in [0.15, 0.2) is 18.2 Å². The average molecular weight is 291 g/mol. The molecule has 0 saturated heterocycles. The molecular weight excluding hydrogens is 258 g/mol. The zero-order chi connectivity index (χ0) is 15.8. The van der Waals surface area contributed by atoms with Gasteiger partial charge in [-0.2, -0.15) is 0 Å². The Labute approximate surface area is 131 Å². The molecule has 1 rings (SSSR count). The van der Waals surface area contributed by atoms with Crippen LogP contribution < -0.4 is 5.32 Å². The summed E-state index contributed by atoms with van der Waals surface area (Å²) in [6.45, 7) is 10.9. The molecule has 1 atom stereocenters. The Morgan fingerprint density at radius 1 is 1.05 bits per heavy atom.